The summed E-state index contributed by atoms with van der Waals surface area (Å²) in [6, 6.07) is 9.59. The van der Waals surface area contributed by atoms with Crippen LogP contribution < -0.4 is 10.2 Å². The van der Waals surface area contributed by atoms with Crippen LogP contribution in [0.5, 0.6) is 0 Å². The fourth-order valence-electron chi connectivity index (χ4n) is 6.88. The van der Waals surface area contributed by atoms with Crippen molar-refractivity contribution in [2.45, 2.75) is 55.8 Å². The molecule has 0 unspecified atom stereocenters. The maximum atomic E-state index is 11.6. The number of likely N-dealkylation sites (N-methyl/N-ethyl adjacent to an activating group) is 1. The van der Waals surface area contributed by atoms with E-state index in [1.165, 1.54) is 11.3 Å². The van der Waals surface area contributed by atoms with Gasteiger partial charge in [0.2, 0.25) is 0 Å². The SMILES string of the molecule is CC[C@H](C=O)[C@@H]1C[C@@H]2N[C@H]3C[C@]4(c5ccccc5N(C)[C@@H]24)[C@H](O)[C@@H]13. The molecular formula is C20H26N2O2. The second-order valence-corrected chi connectivity index (χ2v) is 8.33. The normalized spacial score (nSPS) is 45.9. The van der Waals surface area contributed by atoms with Crippen LogP contribution in [-0.4, -0.2) is 42.7 Å². The highest BCUT2D eigenvalue weighted by Gasteiger charge is 2.70. The zero-order chi connectivity index (χ0) is 16.6. The summed E-state index contributed by atoms with van der Waals surface area (Å²) in [6.45, 7) is 2.10. The van der Waals surface area contributed by atoms with E-state index in [4.69, 9.17) is 0 Å². The summed E-state index contributed by atoms with van der Waals surface area (Å²) in [5.41, 5.74) is 2.44. The van der Waals surface area contributed by atoms with Gasteiger partial charge in [-0.15, -0.1) is 0 Å². The highest BCUT2D eigenvalue weighted by Crippen LogP contribution is 2.63. The number of hydrogen-bond donors (Lipinski definition) is 2. The Morgan fingerprint density at radius 2 is 2.21 bits per heavy atom. The van der Waals surface area contributed by atoms with E-state index in [1.54, 1.807) is 0 Å². The lowest BCUT2D eigenvalue weighted by Gasteiger charge is -2.48. The number of aliphatic hydroxyl groups excluding tert-OH is 1. The summed E-state index contributed by atoms with van der Waals surface area (Å²) in [6.07, 6.45) is 3.65. The first-order valence-electron chi connectivity index (χ1n) is 9.35. The van der Waals surface area contributed by atoms with E-state index >= 15 is 0 Å². The van der Waals surface area contributed by atoms with Gasteiger partial charge in [0.05, 0.1) is 12.1 Å². The topological polar surface area (TPSA) is 52.6 Å². The molecule has 4 heteroatoms. The number of carbonyl (C=O) groups excluding carboxylic acids is 1. The van der Waals surface area contributed by atoms with Crippen molar-refractivity contribution in [3.8, 4) is 0 Å². The highest BCUT2D eigenvalue weighted by atomic mass is 16.3. The summed E-state index contributed by atoms with van der Waals surface area (Å²) in [5.74, 6) is 0.580. The lowest BCUT2D eigenvalue weighted by molar-refractivity contribution is -0.114. The van der Waals surface area contributed by atoms with Gasteiger partial charge in [-0.05, 0) is 36.8 Å². The first kappa shape index (κ1) is 14.9. The van der Waals surface area contributed by atoms with E-state index in [2.05, 4.69) is 48.5 Å². The number of fused-ring (bicyclic) bond motifs is 3. The van der Waals surface area contributed by atoms with Gasteiger partial charge in [-0.25, -0.2) is 0 Å². The first-order valence-corrected chi connectivity index (χ1v) is 9.35. The van der Waals surface area contributed by atoms with Crippen LogP contribution in [0, 0.1) is 17.8 Å². The van der Waals surface area contributed by atoms with Crippen molar-refractivity contribution < 1.29 is 9.90 Å². The van der Waals surface area contributed by atoms with E-state index in [1.807, 2.05) is 0 Å². The Hall–Kier alpha value is -1.39. The third-order valence-electron chi connectivity index (χ3n) is 7.67. The zero-order valence-corrected chi connectivity index (χ0v) is 14.4. The van der Waals surface area contributed by atoms with Crippen molar-refractivity contribution >= 4 is 12.0 Å². The Labute approximate surface area is 143 Å². The Kier molecular flexibility index (Phi) is 3.00. The maximum Gasteiger partial charge on any atom is 0.123 e. The van der Waals surface area contributed by atoms with Crippen LogP contribution in [0.4, 0.5) is 5.69 Å². The van der Waals surface area contributed by atoms with Crippen LogP contribution in [0.15, 0.2) is 24.3 Å². The molecule has 2 saturated heterocycles. The molecule has 1 spiro atoms. The van der Waals surface area contributed by atoms with Crippen LogP contribution in [0.1, 0.15) is 31.7 Å². The van der Waals surface area contributed by atoms with Crippen LogP contribution in [0.2, 0.25) is 0 Å². The van der Waals surface area contributed by atoms with Crippen molar-refractivity contribution in [3.63, 3.8) is 0 Å². The molecule has 0 amide bonds. The van der Waals surface area contributed by atoms with Gasteiger partial charge in [-0.3, -0.25) is 0 Å². The molecule has 3 fully saturated rings. The maximum absolute atomic E-state index is 11.6. The summed E-state index contributed by atoms with van der Waals surface area (Å²) in [7, 11) is 2.17. The molecule has 4 nitrogen and oxygen atoms in total. The average Bonchev–Trinajstić information content (AvgIpc) is 2.96. The Morgan fingerprint density at radius 3 is 2.96 bits per heavy atom. The molecule has 3 bridgehead atoms. The zero-order valence-electron chi connectivity index (χ0n) is 14.4. The highest BCUT2D eigenvalue weighted by molar-refractivity contribution is 5.67. The monoisotopic (exact) mass is 326 g/mol. The largest absolute Gasteiger partial charge is 0.392 e. The summed E-state index contributed by atoms with van der Waals surface area (Å²) >= 11 is 0. The Bertz CT molecular complexity index is 692. The van der Waals surface area contributed by atoms with Crippen molar-refractivity contribution in [3.05, 3.63) is 29.8 Å². The summed E-state index contributed by atoms with van der Waals surface area (Å²) < 4.78 is 0. The number of rotatable bonds is 3. The number of para-hydroxylation sites is 1. The molecule has 3 aliphatic heterocycles. The first-order chi connectivity index (χ1) is 11.6. The van der Waals surface area contributed by atoms with Gasteiger partial charge in [-0.2, -0.15) is 0 Å². The van der Waals surface area contributed by atoms with E-state index in [0.717, 1.165) is 25.5 Å². The van der Waals surface area contributed by atoms with Crippen molar-refractivity contribution in [1.29, 1.82) is 0 Å². The molecular weight excluding hydrogens is 300 g/mol. The molecule has 1 aliphatic carbocycles. The molecule has 1 saturated carbocycles. The predicted molar refractivity (Wildman–Crippen MR) is 93.1 cm³/mol. The number of benzene rings is 1. The minimum absolute atomic E-state index is 0.0753. The Morgan fingerprint density at radius 1 is 1.42 bits per heavy atom. The molecule has 2 N–H and O–H groups in total. The van der Waals surface area contributed by atoms with E-state index in [0.29, 0.717) is 24.0 Å². The molecule has 0 radical (unpaired) electrons. The number of carbonyl (C=O) groups is 1. The van der Waals surface area contributed by atoms with E-state index < -0.39 is 0 Å². The van der Waals surface area contributed by atoms with Crippen molar-refractivity contribution in [1.82, 2.24) is 5.32 Å². The number of anilines is 1. The fraction of sp³-hybridized carbons (Fsp3) is 0.650. The van der Waals surface area contributed by atoms with Crippen LogP contribution in [0.25, 0.3) is 0 Å². The lowest BCUT2D eigenvalue weighted by atomic mass is 9.68. The van der Waals surface area contributed by atoms with Gasteiger partial charge in [0.1, 0.15) is 6.29 Å². The smallest absolute Gasteiger partial charge is 0.123 e. The molecule has 8 atom stereocenters. The molecule has 0 aromatic heterocycles. The number of hydrogen-bond acceptors (Lipinski definition) is 4. The van der Waals surface area contributed by atoms with Crippen LogP contribution in [0.3, 0.4) is 0 Å². The minimum Gasteiger partial charge on any atom is -0.392 e. The molecule has 5 rings (SSSR count). The average molecular weight is 326 g/mol. The second kappa shape index (κ2) is 4.83. The standard InChI is InChI=1S/C20H26N2O2/c1-3-11(10-23)12-8-14-18-20(9-15(21-14)17(12)19(20)24)13-6-4-5-7-16(13)22(18)2/h4-7,10-12,14-15,17-19,21,24H,3,8-9H2,1-2H3/t11-,12+,14+,15+,17+,18+,19-,20-/m1/s1. The number of aldehydes is 1. The molecule has 1 aromatic carbocycles. The third-order valence-corrected chi connectivity index (χ3v) is 7.67. The van der Waals surface area contributed by atoms with Crippen LogP contribution >= 0.6 is 0 Å². The van der Waals surface area contributed by atoms with E-state index in [-0.39, 0.29) is 23.4 Å². The number of nitrogens with one attached hydrogen (secondary N) is 1. The van der Waals surface area contributed by atoms with Crippen molar-refractivity contribution in [2.24, 2.45) is 17.8 Å². The quantitative estimate of drug-likeness (QED) is 0.831. The second-order valence-electron chi connectivity index (χ2n) is 8.33. The number of aliphatic hydroxyl groups is 1. The molecule has 4 aliphatic rings. The third kappa shape index (κ3) is 1.50. The molecule has 3 heterocycles. The fourth-order valence-corrected chi connectivity index (χ4v) is 6.88. The Balaban J connectivity index is 1.67. The minimum atomic E-state index is -0.363. The van der Waals surface area contributed by atoms with Gasteiger partial charge in [0.25, 0.3) is 0 Å². The number of nitrogens with zero attached hydrogens (tertiary/aromatic N) is 1. The predicted octanol–water partition coefficient (Wildman–Crippen LogP) is 1.71. The van der Waals surface area contributed by atoms with Gasteiger partial charge in [-0.1, -0.05) is 25.1 Å². The van der Waals surface area contributed by atoms with Gasteiger partial charge in [0, 0.05) is 42.1 Å². The van der Waals surface area contributed by atoms with Crippen LogP contribution in [-0.2, 0) is 10.2 Å². The van der Waals surface area contributed by atoms with Gasteiger partial charge in [0.15, 0.2) is 0 Å². The summed E-state index contributed by atoms with van der Waals surface area (Å²) in [5, 5.41) is 15.4. The molecule has 128 valence electrons. The van der Waals surface area contributed by atoms with E-state index in [9.17, 15) is 9.90 Å². The van der Waals surface area contributed by atoms with Gasteiger partial charge < -0.3 is 20.1 Å². The molecule has 24 heavy (non-hydrogen) atoms. The summed E-state index contributed by atoms with van der Waals surface area (Å²) in [4.78, 5) is 14.0. The van der Waals surface area contributed by atoms with Gasteiger partial charge >= 0.3 is 0 Å². The van der Waals surface area contributed by atoms with Crippen molar-refractivity contribution in [2.75, 3.05) is 11.9 Å². The lowest BCUT2D eigenvalue weighted by Crippen LogP contribution is -2.64. The number of piperidine rings is 2. The molecule has 1 aromatic rings.